The summed E-state index contributed by atoms with van der Waals surface area (Å²) in [7, 11) is 0. The van der Waals surface area contributed by atoms with Crippen molar-refractivity contribution in [2.75, 3.05) is 0 Å². The van der Waals surface area contributed by atoms with E-state index in [0.717, 1.165) is 18.4 Å². The summed E-state index contributed by atoms with van der Waals surface area (Å²) < 4.78 is 13.4. The molecule has 1 atom stereocenters. The molecule has 0 aliphatic rings. The van der Waals surface area contributed by atoms with E-state index in [2.05, 4.69) is 38.8 Å². The van der Waals surface area contributed by atoms with Crippen LogP contribution >= 0.6 is 31.9 Å². The Hall–Kier alpha value is 0.110. The van der Waals surface area contributed by atoms with Crippen LogP contribution in [-0.4, -0.2) is 0 Å². The van der Waals surface area contributed by atoms with Crippen LogP contribution in [0.3, 0.4) is 0 Å². The predicted octanol–water partition coefficient (Wildman–Crippen LogP) is 4.82. The fourth-order valence-corrected chi connectivity index (χ4v) is 2.27. The molecule has 0 spiro atoms. The van der Waals surface area contributed by atoms with Gasteiger partial charge in [-0.25, -0.2) is 4.39 Å². The lowest BCUT2D eigenvalue weighted by molar-refractivity contribution is 0.619. The van der Waals surface area contributed by atoms with Crippen molar-refractivity contribution in [1.29, 1.82) is 0 Å². The molecule has 0 amide bonds. The van der Waals surface area contributed by atoms with Gasteiger partial charge in [0.15, 0.2) is 0 Å². The van der Waals surface area contributed by atoms with Crippen LogP contribution in [0.25, 0.3) is 0 Å². The van der Waals surface area contributed by atoms with E-state index in [0.29, 0.717) is 9.30 Å². The lowest BCUT2D eigenvalue weighted by Gasteiger charge is -2.08. The third kappa shape index (κ3) is 3.06. The maximum absolute atomic E-state index is 12.9. The molecule has 0 aliphatic carbocycles. The normalized spacial score (nSPS) is 12.9. The van der Waals surface area contributed by atoms with Gasteiger partial charge in [-0.2, -0.15) is 0 Å². The van der Waals surface area contributed by atoms with Crippen LogP contribution in [0.1, 0.15) is 30.2 Å². The van der Waals surface area contributed by atoms with Gasteiger partial charge in [0.2, 0.25) is 0 Å². The van der Waals surface area contributed by atoms with Crippen LogP contribution in [0.2, 0.25) is 0 Å². The van der Waals surface area contributed by atoms with E-state index in [1.807, 2.05) is 12.1 Å². The first-order valence-electron chi connectivity index (χ1n) is 4.24. The number of benzene rings is 1. The fraction of sp³-hybridized carbons (Fsp3) is 0.400. The molecule has 1 unspecified atom stereocenters. The van der Waals surface area contributed by atoms with Crippen molar-refractivity contribution in [1.82, 2.24) is 0 Å². The molecule has 0 saturated carbocycles. The van der Waals surface area contributed by atoms with E-state index >= 15 is 0 Å². The van der Waals surface area contributed by atoms with Crippen LogP contribution in [0.15, 0.2) is 22.7 Å². The van der Waals surface area contributed by atoms with Gasteiger partial charge in [0.05, 0.1) is 4.47 Å². The Kier molecular flexibility index (Phi) is 4.39. The van der Waals surface area contributed by atoms with Crippen molar-refractivity contribution < 1.29 is 4.39 Å². The van der Waals surface area contributed by atoms with E-state index in [1.54, 1.807) is 0 Å². The highest BCUT2D eigenvalue weighted by Crippen LogP contribution is 2.30. The quantitative estimate of drug-likeness (QED) is 0.702. The van der Waals surface area contributed by atoms with Gasteiger partial charge in [-0.15, -0.1) is 0 Å². The standard InChI is InChI=1S/C10H11Br2F/c1-2-3-8(11)7-4-5-10(13)9(12)6-7/h4-6,8H,2-3H2,1H3. The van der Waals surface area contributed by atoms with Crippen LogP contribution in [0.5, 0.6) is 0 Å². The summed E-state index contributed by atoms with van der Waals surface area (Å²) in [5.74, 6) is -0.208. The van der Waals surface area contributed by atoms with Gasteiger partial charge in [0.1, 0.15) is 5.82 Å². The molecule has 0 nitrogen and oxygen atoms in total. The van der Waals surface area contributed by atoms with Crippen molar-refractivity contribution in [3.8, 4) is 0 Å². The monoisotopic (exact) mass is 308 g/mol. The zero-order valence-corrected chi connectivity index (χ0v) is 10.5. The molecule has 13 heavy (non-hydrogen) atoms. The topological polar surface area (TPSA) is 0 Å². The number of halogens is 3. The molecule has 1 aromatic rings. The lowest BCUT2D eigenvalue weighted by Crippen LogP contribution is -1.90. The molecular weight excluding hydrogens is 299 g/mol. The van der Waals surface area contributed by atoms with Gasteiger partial charge in [-0.3, -0.25) is 0 Å². The summed E-state index contributed by atoms with van der Waals surface area (Å²) in [6.45, 7) is 2.13. The minimum Gasteiger partial charge on any atom is -0.206 e. The first kappa shape index (κ1) is 11.2. The van der Waals surface area contributed by atoms with Crippen LogP contribution in [0.4, 0.5) is 4.39 Å². The van der Waals surface area contributed by atoms with Gasteiger partial charge >= 0.3 is 0 Å². The van der Waals surface area contributed by atoms with E-state index in [1.165, 1.54) is 6.07 Å². The van der Waals surface area contributed by atoms with Crippen molar-refractivity contribution in [3.63, 3.8) is 0 Å². The van der Waals surface area contributed by atoms with Gasteiger partial charge in [-0.05, 0) is 40.0 Å². The Morgan fingerprint density at radius 3 is 2.69 bits per heavy atom. The zero-order valence-electron chi connectivity index (χ0n) is 7.36. The second kappa shape index (κ2) is 5.11. The first-order valence-corrected chi connectivity index (χ1v) is 5.95. The molecule has 0 aromatic heterocycles. The third-order valence-corrected chi connectivity index (χ3v) is 3.44. The molecule has 0 heterocycles. The third-order valence-electron chi connectivity index (χ3n) is 1.85. The SMILES string of the molecule is CCCC(Br)c1ccc(F)c(Br)c1. The molecule has 0 saturated heterocycles. The second-order valence-electron chi connectivity index (χ2n) is 2.93. The van der Waals surface area contributed by atoms with Gasteiger partial charge in [0, 0.05) is 4.83 Å². The van der Waals surface area contributed by atoms with Gasteiger partial charge < -0.3 is 0 Å². The summed E-state index contributed by atoms with van der Waals surface area (Å²) in [5.41, 5.74) is 1.12. The van der Waals surface area contributed by atoms with E-state index < -0.39 is 0 Å². The highest BCUT2D eigenvalue weighted by molar-refractivity contribution is 9.10. The summed E-state index contributed by atoms with van der Waals surface area (Å²) in [6.07, 6.45) is 2.18. The van der Waals surface area contributed by atoms with Crippen molar-refractivity contribution >= 4 is 31.9 Å². The van der Waals surface area contributed by atoms with E-state index in [-0.39, 0.29) is 5.82 Å². The number of alkyl halides is 1. The van der Waals surface area contributed by atoms with Crippen LogP contribution in [0, 0.1) is 5.82 Å². The number of hydrogen-bond acceptors (Lipinski definition) is 0. The fourth-order valence-electron chi connectivity index (χ4n) is 1.13. The molecular formula is C10H11Br2F. The van der Waals surface area contributed by atoms with Gasteiger partial charge in [-0.1, -0.05) is 35.3 Å². The molecule has 0 radical (unpaired) electrons. The summed E-state index contributed by atoms with van der Waals surface area (Å²) >= 11 is 6.73. The highest BCUT2D eigenvalue weighted by atomic mass is 79.9. The minimum absolute atomic E-state index is 0.208. The first-order chi connectivity index (χ1) is 6.15. The molecule has 1 aromatic carbocycles. The van der Waals surface area contributed by atoms with Crippen molar-refractivity contribution in [3.05, 3.63) is 34.1 Å². The maximum atomic E-state index is 12.9. The highest BCUT2D eigenvalue weighted by Gasteiger charge is 2.08. The molecule has 72 valence electrons. The number of rotatable bonds is 3. The minimum atomic E-state index is -0.208. The van der Waals surface area contributed by atoms with E-state index in [9.17, 15) is 4.39 Å². The lowest BCUT2D eigenvalue weighted by atomic mass is 10.1. The number of hydrogen-bond donors (Lipinski definition) is 0. The molecule has 0 aliphatic heterocycles. The Balaban J connectivity index is 2.84. The summed E-state index contributed by atoms with van der Waals surface area (Å²) in [4.78, 5) is 0.328. The summed E-state index contributed by atoms with van der Waals surface area (Å²) in [5, 5.41) is 0. The molecule has 0 fully saturated rings. The zero-order chi connectivity index (χ0) is 9.84. The predicted molar refractivity (Wildman–Crippen MR) is 60.7 cm³/mol. The Morgan fingerprint density at radius 2 is 2.15 bits per heavy atom. The van der Waals surface area contributed by atoms with E-state index in [4.69, 9.17) is 0 Å². The van der Waals surface area contributed by atoms with Crippen molar-refractivity contribution in [2.45, 2.75) is 24.6 Å². The average Bonchev–Trinajstić information content (AvgIpc) is 2.10. The Bertz CT molecular complexity index is 286. The second-order valence-corrected chi connectivity index (χ2v) is 4.89. The molecule has 0 bridgehead atoms. The van der Waals surface area contributed by atoms with Crippen LogP contribution in [-0.2, 0) is 0 Å². The largest absolute Gasteiger partial charge is 0.206 e. The van der Waals surface area contributed by atoms with Crippen LogP contribution < -0.4 is 0 Å². The molecule has 3 heteroatoms. The molecule has 1 rings (SSSR count). The maximum Gasteiger partial charge on any atom is 0.137 e. The van der Waals surface area contributed by atoms with Gasteiger partial charge in [0.25, 0.3) is 0 Å². The Morgan fingerprint density at radius 1 is 1.46 bits per heavy atom. The molecule has 0 N–H and O–H groups in total. The Labute approximate surface area is 94.8 Å². The summed E-state index contributed by atoms with van der Waals surface area (Å²) in [6, 6.07) is 5.13. The van der Waals surface area contributed by atoms with Crippen molar-refractivity contribution in [2.24, 2.45) is 0 Å². The smallest absolute Gasteiger partial charge is 0.137 e. The average molecular weight is 310 g/mol.